The molecule has 1 aliphatic rings. The number of anilines is 1. The Labute approximate surface area is 154 Å². The molecule has 1 aliphatic heterocycles. The summed E-state index contributed by atoms with van der Waals surface area (Å²) in [7, 11) is -8.52. The third-order valence-corrected chi connectivity index (χ3v) is 7.16. The number of primary sulfonamides is 1. The molecule has 0 aliphatic carbocycles. The molecule has 0 spiro atoms. The molecule has 2 aromatic carbocycles. The zero-order valence-electron chi connectivity index (χ0n) is 13.9. The van der Waals surface area contributed by atoms with E-state index in [1.54, 1.807) is 0 Å². The standard InChI is InChI=1S/C16H15F3N2O4S2/c1-10-8-11-9-12(26(20,22)23)6-7-14(11)21(10)27(24,25)15-5-3-2-4-13(15)16(17,18)19/h2-7,9-10H,8H2,1H3,(H2,20,22,23)/t10-/m0/s1. The highest BCUT2D eigenvalue weighted by molar-refractivity contribution is 7.93. The number of sulfonamides is 2. The Kier molecular flexibility index (Phi) is 4.52. The van der Waals surface area contributed by atoms with Crippen LogP contribution in [0.1, 0.15) is 18.1 Å². The molecule has 0 radical (unpaired) electrons. The first-order valence-electron chi connectivity index (χ1n) is 7.70. The normalized spacial score (nSPS) is 17.8. The van der Waals surface area contributed by atoms with Gasteiger partial charge in [0.2, 0.25) is 10.0 Å². The molecular weight excluding hydrogens is 405 g/mol. The number of hydrogen-bond donors (Lipinski definition) is 1. The van der Waals surface area contributed by atoms with Crippen LogP contribution in [0.3, 0.4) is 0 Å². The molecule has 6 nitrogen and oxygen atoms in total. The number of fused-ring (bicyclic) bond motifs is 1. The van der Waals surface area contributed by atoms with Crippen molar-refractivity contribution in [3.63, 3.8) is 0 Å². The van der Waals surface area contributed by atoms with Gasteiger partial charge in [-0.05, 0) is 49.2 Å². The van der Waals surface area contributed by atoms with Crippen LogP contribution >= 0.6 is 0 Å². The summed E-state index contributed by atoms with van der Waals surface area (Å²) >= 11 is 0. The summed E-state index contributed by atoms with van der Waals surface area (Å²) in [4.78, 5) is -1.05. The Morgan fingerprint density at radius 3 is 2.30 bits per heavy atom. The third-order valence-electron chi connectivity index (χ3n) is 4.26. The summed E-state index contributed by atoms with van der Waals surface area (Å²) in [5.74, 6) is 0. The highest BCUT2D eigenvalue weighted by Crippen LogP contribution is 2.41. The minimum absolute atomic E-state index is 0.131. The number of halogens is 3. The smallest absolute Gasteiger partial charge is 0.263 e. The van der Waals surface area contributed by atoms with Crippen molar-refractivity contribution < 1.29 is 30.0 Å². The van der Waals surface area contributed by atoms with Crippen LogP contribution in [0, 0.1) is 0 Å². The van der Waals surface area contributed by atoms with Crippen molar-refractivity contribution in [3.8, 4) is 0 Å². The van der Waals surface area contributed by atoms with Gasteiger partial charge in [0.1, 0.15) is 0 Å². The number of hydrogen-bond acceptors (Lipinski definition) is 4. The predicted octanol–water partition coefficient (Wildman–Crippen LogP) is 2.49. The summed E-state index contributed by atoms with van der Waals surface area (Å²) in [6, 6.07) is 6.86. The highest BCUT2D eigenvalue weighted by Gasteiger charge is 2.42. The van der Waals surface area contributed by atoms with Gasteiger partial charge in [-0.2, -0.15) is 13.2 Å². The van der Waals surface area contributed by atoms with E-state index in [1.165, 1.54) is 25.1 Å². The molecule has 0 bridgehead atoms. The first kappa shape index (κ1) is 19.6. The van der Waals surface area contributed by atoms with Crippen molar-refractivity contribution in [2.45, 2.75) is 35.4 Å². The molecular formula is C16H15F3N2O4S2. The highest BCUT2D eigenvalue weighted by atomic mass is 32.2. The quantitative estimate of drug-likeness (QED) is 0.825. The van der Waals surface area contributed by atoms with E-state index in [1.807, 2.05) is 0 Å². The summed E-state index contributed by atoms with van der Waals surface area (Å²) < 4.78 is 89.8. The molecule has 0 unspecified atom stereocenters. The van der Waals surface area contributed by atoms with Crippen molar-refractivity contribution in [3.05, 3.63) is 53.6 Å². The van der Waals surface area contributed by atoms with Gasteiger partial charge in [-0.1, -0.05) is 12.1 Å². The van der Waals surface area contributed by atoms with Crippen LogP contribution in [0.15, 0.2) is 52.3 Å². The number of nitrogens with zero attached hydrogens (tertiary/aromatic N) is 1. The topological polar surface area (TPSA) is 97.5 Å². The first-order valence-corrected chi connectivity index (χ1v) is 10.7. The van der Waals surface area contributed by atoms with Crippen LogP contribution in [0.4, 0.5) is 18.9 Å². The molecule has 2 N–H and O–H groups in total. The maximum Gasteiger partial charge on any atom is 0.417 e. The lowest BCUT2D eigenvalue weighted by Crippen LogP contribution is -2.36. The molecule has 3 rings (SSSR count). The molecule has 146 valence electrons. The molecule has 2 aromatic rings. The van der Waals surface area contributed by atoms with Gasteiger partial charge in [0.05, 0.1) is 21.0 Å². The maximum absolute atomic E-state index is 13.3. The van der Waals surface area contributed by atoms with Crippen LogP contribution in [0.5, 0.6) is 0 Å². The van der Waals surface area contributed by atoms with E-state index < -0.39 is 42.7 Å². The molecule has 27 heavy (non-hydrogen) atoms. The van der Waals surface area contributed by atoms with Gasteiger partial charge in [0.25, 0.3) is 10.0 Å². The van der Waals surface area contributed by atoms with Gasteiger partial charge < -0.3 is 0 Å². The van der Waals surface area contributed by atoms with E-state index in [4.69, 9.17) is 5.14 Å². The fraction of sp³-hybridized carbons (Fsp3) is 0.250. The van der Waals surface area contributed by atoms with Gasteiger partial charge in [-0.15, -0.1) is 0 Å². The van der Waals surface area contributed by atoms with Crippen molar-refractivity contribution in [2.24, 2.45) is 5.14 Å². The summed E-state index contributed by atoms with van der Waals surface area (Å²) in [6.45, 7) is 1.53. The number of alkyl halides is 3. The Hall–Kier alpha value is -2.11. The number of rotatable bonds is 3. The Morgan fingerprint density at radius 2 is 1.70 bits per heavy atom. The van der Waals surface area contributed by atoms with E-state index in [-0.39, 0.29) is 17.0 Å². The van der Waals surface area contributed by atoms with Gasteiger partial charge >= 0.3 is 6.18 Å². The Morgan fingerprint density at radius 1 is 1.07 bits per heavy atom. The van der Waals surface area contributed by atoms with E-state index >= 15 is 0 Å². The van der Waals surface area contributed by atoms with Crippen LogP contribution in [0.2, 0.25) is 0 Å². The average molecular weight is 420 g/mol. The molecule has 0 fully saturated rings. The molecule has 0 aromatic heterocycles. The van der Waals surface area contributed by atoms with Gasteiger partial charge in [0.15, 0.2) is 0 Å². The van der Waals surface area contributed by atoms with Gasteiger partial charge in [-0.3, -0.25) is 4.31 Å². The van der Waals surface area contributed by atoms with Gasteiger partial charge in [0, 0.05) is 6.04 Å². The van der Waals surface area contributed by atoms with E-state index in [2.05, 4.69) is 0 Å². The molecule has 11 heteroatoms. The van der Waals surface area contributed by atoms with E-state index in [0.29, 0.717) is 11.6 Å². The second kappa shape index (κ2) is 6.21. The molecule has 0 saturated heterocycles. The SMILES string of the molecule is C[C@H]1Cc2cc(S(N)(=O)=O)ccc2N1S(=O)(=O)c1ccccc1C(F)(F)F. The fourth-order valence-corrected chi connectivity index (χ4v) is 5.63. The molecule has 0 amide bonds. The van der Waals surface area contributed by atoms with Crippen molar-refractivity contribution >= 4 is 25.7 Å². The fourth-order valence-electron chi connectivity index (χ4n) is 3.15. The molecule has 1 heterocycles. The number of benzene rings is 2. The molecule has 0 saturated carbocycles. The van der Waals surface area contributed by atoms with Crippen molar-refractivity contribution in [2.75, 3.05) is 4.31 Å². The second-order valence-electron chi connectivity index (χ2n) is 6.18. The van der Waals surface area contributed by atoms with Crippen LogP contribution in [-0.4, -0.2) is 22.9 Å². The van der Waals surface area contributed by atoms with E-state index in [0.717, 1.165) is 22.5 Å². The lowest BCUT2D eigenvalue weighted by atomic mass is 10.1. The average Bonchev–Trinajstić information content (AvgIpc) is 2.88. The minimum atomic E-state index is -4.84. The molecule has 1 atom stereocenters. The second-order valence-corrected chi connectivity index (χ2v) is 9.53. The third kappa shape index (κ3) is 3.42. The lowest BCUT2D eigenvalue weighted by molar-refractivity contribution is -0.139. The van der Waals surface area contributed by atoms with Crippen LogP contribution in [0.25, 0.3) is 0 Å². The number of nitrogens with two attached hydrogens (primary N) is 1. The van der Waals surface area contributed by atoms with Crippen molar-refractivity contribution in [1.29, 1.82) is 0 Å². The Balaban J connectivity index is 2.17. The monoisotopic (exact) mass is 420 g/mol. The van der Waals surface area contributed by atoms with Crippen LogP contribution in [-0.2, 0) is 32.6 Å². The summed E-state index contributed by atoms with van der Waals surface area (Å²) in [5.41, 5.74) is -0.749. The summed E-state index contributed by atoms with van der Waals surface area (Å²) in [5, 5.41) is 5.08. The summed E-state index contributed by atoms with van der Waals surface area (Å²) in [6.07, 6.45) is -4.70. The van der Waals surface area contributed by atoms with Gasteiger partial charge in [-0.25, -0.2) is 22.0 Å². The van der Waals surface area contributed by atoms with Crippen LogP contribution < -0.4 is 9.44 Å². The largest absolute Gasteiger partial charge is 0.417 e. The maximum atomic E-state index is 13.3. The first-order chi connectivity index (χ1) is 12.3. The van der Waals surface area contributed by atoms with E-state index in [9.17, 15) is 30.0 Å². The Bertz CT molecular complexity index is 1110. The lowest BCUT2D eigenvalue weighted by Gasteiger charge is -2.26. The minimum Gasteiger partial charge on any atom is -0.263 e. The zero-order chi connectivity index (χ0) is 20.2. The van der Waals surface area contributed by atoms with Crippen molar-refractivity contribution in [1.82, 2.24) is 0 Å². The predicted molar refractivity (Wildman–Crippen MR) is 92.1 cm³/mol. The zero-order valence-corrected chi connectivity index (χ0v) is 15.6.